The van der Waals surface area contributed by atoms with E-state index < -0.39 is 0 Å². The van der Waals surface area contributed by atoms with Gasteiger partial charge in [-0.15, -0.1) is 0 Å². The molecule has 2 aliphatic rings. The Balaban J connectivity index is 1.22. The van der Waals surface area contributed by atoms with Crippen molar-refractivity contribution in [3.63, 3.8) is 0 Å². The van der Waals surface area contributed by atoms with Crippen molar-refractivity contribution in [2.75, 3.05) is 16.8 Å². The van der Waals surface area contributed by atoms with Gasteiger partial charge >= 0.3 is 0 Å². The van der Waals surface area contributed by atoms with Gasteiger partial charge in [0.25, 0.3) is 11.8 Å². The highest BCUT2D eigenvalue weighted by molar-refractivity contribution is 6.10. The van der Waals surface area contributed by atoms with Crippen molar-refractivity contribution in [1.82, 2.24) is 0 Å². The summed E-state index contributed by atoms with van der Waals surface area (Å²) in [6.07, 6.45) is 4.28. The average molecular weight is 530 g/mol. The molecule has 6 rings (SSSR count). The molecular weight excluding hydrogens is 498 g/mol. The molecule has 1 saturated carbocycles. The summed E-state index contributed by atoms with van der Waals surface area (Å²) >= 11 is 0. The van der Waals surface area contributed by atoms with Crippen LogP contribution in [0.4, 0.5) is 11.4 Å². The maximum atomic E-state index is 13.8. The van der Waals surface area contributed by atoms with E-state index in [1.165, 1.54) is 0 Å². The van der Waals surface area contributed by atoms with Crippen LogP contribution in [0, 0.1) is 5.41 Å². The number of hydrogen-bond donors (Lipinski definition) is 2. The highest BCUT2D eigenvalue weighted by Gasteiger charge is 2.43. The van der Waals surface area contributed by atoms with E-state index in [1.54, 1.807) is 24.3 Å². The molecule has 0 saturated heterocycles. The molecule has 0 aromatic heterocycles. The number of anilines is 2. The van der Waals surface area contributed by atoms with Crippen LogP contribution in [-0.2, 0) is 6.42 Å². The molecule has 1 atom stereocenters. The van der Waals surface area contributed by atoms with E-state index in [0.29, 0.717) is 23.4 Å². The van der Waals surface area contributed by atoms with Crippen molar-refractivity contribution < 1.29 is 14.8 Å². The molecule has 4 aromatic carbocycles. The smallest absolute Gasteiger partial charge is 0.258 e. The van der Waals surface area contributed by atoms with Crippen molar-refractivity contribution in [2.24, 2.45) is 10.6 Å². The average Bonchev–Trinajstić information content (AvgIpc) is 3.32. The van der Waals surface area contributed by atoms with Crippen molar-refractivity contribution in [3.05, 3.63) is 120 Å². The lowest BCUT2D eigenvalue weighted by Crippen LogP contribution is -2.35. The minimum Gasteiger partial charge on any atom is -0.411 e. The monoisotopic (exact) mass is 529 g/mol. The zero-order valence-corrected chi connectivity index (χ0v) is 22.2. The third kappa shape index (κ3) is 4.77. The van der Waals surface area contributed by atoms with Crippen LogP contribution in [0.15, 0.2) is 108 Å². The summed E-state index contributed by atoms with van der Waals surface area (Å²) in [6.45, 7) is 0.545. The number of nitrogens with zero attached hydrogens (tertiary/aromatic N) is 2. The van der Waals surface area contributed by atoms with E-state index in [9.17, 15) is 14.8 Å². The minimum atomic E-state index is -0.205. The van der Waals surface area contributed by atoms with Gasteiger partial charge < -0.3 is 15.4 Å². The van der Waals surface area contributed by atoms with Gasteiger partial charge in [-0.1, -0.05) is 71.9 Å². The molecule has 1 aliphatic carbocycles. The maximum Gasteiger partial charge on any atom is 0.258 e. The van der Waals surface area contributed by atoms with E-state index in [1.807, 2.05) is 77.7 Å². The fraction of sp³-hybridized carbons (Fsp3) is 0.206. The first-order valence-corrected chi connectivity index (χ1v) is 13.7. The van der Waals surface area contributed by atoms with E-state index in [-0.39, 0.29) is 17.2 Å². The quantitative estimate of drug-likeness (QED) is 0.217. The lowest BCUT2D eigenvalue weighted by atomic mass is 9.76. The molecule has 40 heavy (non-hydrogen) atoms. The van der Waals surface area contributed by atoms with Crippen LogP contribution in [0.3, 0.4) is 0 Å². The van der Waals surface area contributed by atoms with E-state index >= 15 is 0 Å². The normalized spacial score (nSPS) is 19.3. The SMILES string of the molecule is O=C(Nc1ccc(C(=O)N2CCC3(CCCC3=NO)Cc3ccccc32)cc1)c1ccccc1-c1ccccc1. The number of nitrogens with one attached hydrogen (secondary N) is 1. The number of para-hydroxylation sites is 1. The third-order valence-corrected chi connectivity index (χ3v) is 8.32. The molecule has 6 nitrogen and oxygen atoms in total. The molecule has 1 unspecified atom stereocenters. The number of hydrogen-bond acceptors (Lipinski definition) is 4. The van der Waals surface area contributed by atoms with Crippen LogP contribution in [-0.4, -0.2) is 29.3 Å². The fourth-order valence-corrected chi connectivity index (χ4v) is 6.25. The molecule has 4 aromatic rings. The van der Waals surface area contributed by atoms with Crippen molar-refractivity contribution in [3.8, 4) is 11.1 Å². The van der Waals surface area contributed by atoms with Crippen molar-refractivity contribution >= 4 is 28.9 Å². The molecule has 200 valence electrons. The van der Waals surface area contributed by atoms with Crippen LogP contribution >= 0.6 is 0 Å². The molecule has 0 bridgehead atoms. The molecule has 6 heteroatoms. The summed E-state index contributed by atoms with van der Waals surface area (Å²) in [4.78, 5) is 28.8. The molecule has 1 spiro atoms. The maximum absolute atomic E-state index is 13.8. The summed E-state index contributed by atoms with van der Waals surface area (Å²) in [6, 6.07) is 32.5. The number of carbonyl (C=O) groups excluding carboxylic acids is 2. The number of fused-ring (bicyclic) bond motifs is 1. The Hall–Kier alpha value is -4.71. The molecule has 2 amide bonds. The van der Waals surface area contributed by atoms with Gasteiger partial charge in [0.2, 0.25) is 0 Å². The van der Waals surface area contributed by atoms with Gasteiger partial charge in [0, 0.05) is 34.5 Å². The number of amides is 2. The van der Waals surface area contributed by atoms with Gasteiger partial charge in [-0.25, -0.2) is 0 Å². The Kier molecular flexibility index (Phi) is 6.91. The second kappa shape index (κ2) is 10.8. The predicted octanol–water partition coefficient (Wildman–Crippen LogP) is 7.20. The number of oxime groups is 1. The van der Waals surface area contributed by atoms with Gasteiger partial charge in [-0.3, -0.25) is 9.59 Å². The van der Waals surface area contributed by atoms with Gasteiger partial charge in [0.1, 0.15) is 0 Å². The van der Waals surface area contributed by atoms with E-state index in [2.05, 4.69) is 16.5 Å². The topological polar surface area (TPSA) is 82.0 Å². The molecule has 1 heterocycles. The number of carbonyl (C=O) groups is 2. The van der Waals surface area contributed by atoms with Crippen molar-refractivity contribution in [2.45, 2.75) is 32.1 Å². The summed E-state index contributed by atoms with van der Waals surface area (Å²) < 4.78 is 0. The first-order valence-electron chi connectivity index (χ1n) is 13.7. The van der Waals surface area contributed by atoms with Gasteiger partial charge in [-0.05, 0) is 85.2 Å². The molecular formula is C34H31N3O3. The highest BCUT2D eigenvalue weighted by Crippen LogP contribution is 2.46. The summed E-state index contributed by atoms with van der Waals surface area (Å²) in [5.41, 5.74) is 6.24. The molecule has 2 N–H and O–H groups in total. The Labute approximate surface area is 234 Å². The standard InChI is InChI=1S/C34H31N3O3/c38-32(29-13-6-5-12-28(29)24-9-2-1-3-10-24)35-27-18-16-25(17-19-27)33(39)37-22-21-34(20-8-15-31(34)36-40)23-26-11-4-7-14-30(26)37/h1-7,9-14,16-19,40H,8,15,20-23H2,(H,35,38). The van der Waals surface area contributed by atoms with Crippen LogP contribution in [0.5, 0.6) is 0 Å². The predicted molar refractivity (Wildman–Crippen MR) is 158 cm³/mol. The number of rotatable bonds is 4. The Morgan fingerprint density at radius 1 is 0.825 bits per heavy atom. The third-order valence-electron chi connectivity index (χ3n) is 8.32. The van der Waals surface area contributed by atoms with E-state index in [0.717, 1.165) is 60.2 Å². The Morgan fingerprint density at radius 3 is 2.35 bits per heavy atom. The van der Waals surface area contributed by atoms with Gasteiger partial charge in [0.15, 0.2) is 0 Å². The zero-order chi connectivity index (χ0) is 27.5. The lowest BCUT2D eigenvalue weighted by Gasteiger charge is -2.28. The Morgan fingerprint density at radius 2 is 1.55 bits per heavy atom. The zero-order valence-electron chi connectivity index (χ0n) is 22.2. The van der Waals surface area contributed by atoms with Crippen LogP contribution < -0.4 is 10.2 Å². The summed E-state index contributed by atoms with van der Waals surface area (Å²) in [5, 5.41) is 16.3. The summed E-state index contributed by atoms with van der Waals surface area (Å²) in [7, 11) is 0. The molecule has 1 aliphatic heterocycles. The first-order chi connectivity index (χ1) is 19.6. The molecule has 1 fully saturated rings. The van der Waals surface area contributed by atoms with E-state index in [4.69, 9.17) is 0 Å². The van der Waals surface area contributed by atoms with Gasteiger partial charge in [-0.2, -0.15) is 0 Å². The van der Waals surface area contributed by atoms with Gasteiger partial charge in [0.05, 0.1) is 5.71 Å². The first kappa shape index (κ1) is 25.6. The highest BCUT2D eigenvalue weighted by atomic mass is 16.4. The van der Waals surface area contributed by atoms with Crippen LogP contribution in [0.2, 0.25) is 0 Å². The summed E-state index contributed by atoms with van der Waals surface area (Å²) in [5.74, 6) is -0.291. The second-order valence-electron chi connectivity index (χ2n) is 10.6. The van der Waals surface area contributed by atoms with Crippen LogP contribution in [0.25, 0.3) is 11.1 Å². The van der Waals surface area contributed by atoms with Crippen molar-refractivity contribution in [1.29, 1.82) is 0 Å². The lowest BCUT2D eigenvalue weighted by molar-refractivity contribution is 0.0984. The molecule has 0 radical (unpaired) electrons. The Bertz CT molecular complexity index is 1580. The second-order valence-corrected chi connectivity index (χ2v) is 10.6. The van der Waals surface area contributed by atoms with Crippen LogP contribution in [0.1, 0.15) is 52.0 Å². The number of benzene rings is 4. The fourth-order valence-electron chi connectivity index (χ4n) is 6.25. The minimum absolute atomic E-state index is 0.0858. The largest absolute Gasteiger partial charge is 0.411 e.